The van der Waals surface area contributed by atoms with Crippen LogP contribution < -0.4 is 5.32 Å². The highest BCUT2D eigenvalue weighted by Gasteiger charge is 2.16. The van der Waals surface area contributed by atoms with Crippen molar-refractivity contribution in [2.45, 2.75) is 26.4 Å². The summed E-state index contributed by atoms with van der Waals surface area (Å²) in [6.45, 7) is 5.35. The van der Waals surface area contributed by atoms with Gasteiger partial charge in [0.2, 0.25) is 0 Å². The lowest BCUT2D eigenvalue weighted by molar-refractivity contribution is 0.0634. The molecular weight excluding hydrogens is 296 g/mol. The number of pyridine rings is 1. The minimum Gasteiger partial charge on any atom is -0.478 e. The Hall–Kier alpha value is -2.89. The second kappa shape index (κ2) is 6.48. The first-order valence-corrected chi connectivity index (χ1v) is 7.03. The molecule has 0 atom stereocenters. The maximum absolute atomic E-state index is 11.8. The SMILES string of the molecule is CC(C)(C)OC(=O)Nc1cccc(-c2cncc(C(=O)O)c2)c1. The van der Waals surface area contributed by atoms with E-state index in [1.807, 2.05) is 6.07 Å². The van der Waals surface area contributed by atoms with Gasteiger partial charge in [0.05, 0.1) is 5.56 Å². The molecule has 0 bridgehead atoms. The van der Waals surface area contributed by atoms with Crippen LogP contribution in [0, 0.1) is 0 Å². The third kappa shape index (κ3) is 4.81. The summed E-state index contributed by atoms with van der Waals surface area (Å²) < 4.78 is 5.20. The van der Waals surface area contributed by atoms with Gasteiger partial charge in [0.25, 0.3) is 0 Å². The zero-order chi connectivity index (χ0) is 17.0. The third-order valence-corrected chi connectivity index (χ3v) is 2.83. The van der Waals surface area contributed by atoms with E-state index in [-0.39, 0.29) is 5.56 Å². The molecule has 120 valence electrons. The quantitative estimate of drug-likeness (QED) is 0.899. The summed E-state index contributed by atoms with van der Waals surface area (Å²) in [6, 6.07) is 8.55. The molecule has 2 aromatic rings. The number of carbonyl (C=O) groups excluding carboxylic acids is 1. The average molecular weight is 314 g/mol. The molecule has 1 aromatic carbocycles. The summed E-state index contributed by atoms with van der Waals surface area (Å²) in [4.78, 5) is 26.7. The number of rotatable bonds is 3. The molecular formula is C17H18N2O4. The Balaban J connectivity index is 2.22. The van der Waals surface area contributed by atoms with Crippen molar-refractivity contribution in [3.63, 3.8) is 0 Å². The summed E-state index contributed by atoms with van der Waals surface area (Å²) in [5.41, 5.74) is 1.47. The van der Waals surface area contributed by atoms with E-state index >= 15 is 0 Å². The van der Waals surface area contributed by atoms with Crippen LogP contribution in [0.4, 0.5) is 10.5 Å². The van der Waals surface area contributed by atoms with E-state index in [1.54, 1.807) is 45.2 Å². The van der Waals surface area contributed by atoms with E-state index in [4.69, 9.17) is 9.84 Å². The van der Waals surface area contributed by atoms with Gasteiger partial charge in [-0.05, 0) is 44.5 Å². The molecule has 1 heterocycles. The number of amides is 1. The van der Waals surface area contributed by atoms with E-state index in [9.17, 15) is 9.59 Å². The molecule has 0 unspecified atom stereocenters. The van der Waals surface area contributed by atoms with Gasteiger partial charge < -0.3 is 9.84 Å². The van der Waals surface area contributed by atoms with Crippen molar-refractivity contribution < 1.29 is 19.4 Å². The van der Waals surface area contributed by atoms with Gasteiger partial charge in [-0.25, -0.2) is 9.59 Å². The molecule has 0 aliphatic heterocycles. The van der Waals surface area contributed by atoms with Crippen LogP contribution in [0.15, 0.2) is 42.7 Å². The first-order valence-electron chi connectivity index (χ1n) is 7.03. The molecule has 0 fully saturated rings. The van der Waals surface area contributed by atoms with Crippen LogP contribution in [-0.2, 0) is 4.74 Å². The number of nitrogens with zero attached hydrogens (tertiary/aromatic N) is 1. The van der Waals surface area contributed by atoms with Crippen LogP contribution in [0.5, 0.6) is 0 Å². The van der Waals surface area contributed by atoms with Crippen molar-refractivity contribution in [1.29, 1.82) is 0 Å². The number of nitrogens with one attached hydrogen (secondary N) is 1. The Morgan fingerprint density at radius 1 is 1.13 bits per heavy atom. The first-order chi connectivity index (χ1) is 10.7. The van der Waals surface area contributed by atoms with E-state index in [0.29, 0.717) is 11.3 Å². The van der Waals surface area contributed by atoms with Crippen molar-refractivity contribution in [3.8, 4) is 11.1 Å². The van der Waals surface area contributed by atoms with E-state index < -0.39 is 17.7 Å². The van der Waals surface area contributed by atoms with Gasteiger partial charge in [0.1, 0.15) is 5.60 Å². The van der Waals surface area contributed by atoms with Gasteiger partial charge in [-0.1, -0.05) is 12.1 Å². The normalized spacial score (nSPS) is 10.9. The molecule has 6 heteroatoms. The first kappa shape index (κ1) is 16.5. The van der Waals surface area contributed by atoms with Crippen LogP contribution >= 0.6 is 0 Å². The predicted molar refractivity (Wildman–Crippen MR) is 86.5 cm³/mol. The highest BCUT2D eigenvalue weighted by atomic mass is 16.6. The largest absolute Gasteiger partial charge is 0.478 e. The number of carboxylic acids is 1. The molecule has 23 heavy (non-hydrogen) atoms. The Morgan fingerprint density at radius 3 is 2.52 bits per heavy atom. The zero-order valence-electron chi connectivity index (χ0n) is 13.2. The minimum absolute atomic E-state index is 0.105. The molecule has 0 aliphatic carbocycles. The highest BCUT2D eigenvalue weighted by Crippen LogP contribution is 2.23. The predicted octanol–water partition coefficient (Wildman–Crippen LogP) is 3.79. The van der Waals surface area contributed by atoms with Gasteiger partial charge in [0.15, 0.2) is 0 Å². The van der Waals surface area contributed by atoms with Crippen LogP contribution in [0.1, 0.15) is 31.1 Å². The summed E-state index contributed by atoms with van der Waals surface area (Å²) in [6.07, 6.45) is 2.31. The van der Waals surface area contributed by atoms with Crippen molar-refractivity contribution >= 4 is 17.7 Å². The van der Waals surface area contributed by atoms with Crippen molar-refractivity contribution in [2.24, 2.45) is 0 Å². The van der Waals surface area contributed by atoms with Crippen LogP contribution in [-0.4, -0.2) is 27.8 Å². The van der Waals surface area contributed by atoms with Crippen molar-refractivity contribution in [3.05, 3.63) is 48.3 Å². The van der Waals surface area contributed by atoms with Crippen molar-refractivity contribution in [2.75, 3.05) is 5.32 Å². The Bertz CT molecular complexity index is 735. The standard InChI is InChI=1S/C17H18N2O4/c1-17(2,3)23-16(22)19-14-6-4-5-11(8-14)12-7-13(15(20)21)10-18-9-12/h4-10H,1-3H3,(H,19,22)(H,20,21). The lowest BCUT2D eigenvalue weighted by atomic mass is 10.1. The van der Waals surface area contributed by atoms with Crippen LogP contribution in [0.3, 0.4) is 0 Å². The third-order valence-electron chi connectivity index (χ3n) is 2.83. The lowest BCUT2D eigenvalue weighted by Crippen LogP contribution is -2.27. The maximum Gasteiger partial charge on any atom is 0.412 e. The monoisotopic (exact) mass is 314 g/mol. The Kier molecular flexibility index (Phi) is 4.64. The molecule has 0 saturated carbocycles. The zero-order valence-corrected chi connectivity index (χ0v) is 13.2. The van der Waals surface area contributed by atoms with E-state index in [0.717, 1.165) is 5.56 Å². The number of aromatic carboxylic acids is 1. The molecule has 0 spiro atoms. The molecule has 0 saturated heterocycles. The number of aromatic nitrogens is 1. The number of ether oxygens (including phenoxy) is 1. The number of carbonyl (C=O) groups is 2. The lowest BCUT2D eigenvalue weighted by Gasteiger charge is -2.19. The van der Waals surface area contributed by atoms with Gasteiger partial charge in [0, 0.05) is 23.6 Å². The fourth-order valence-electron chi connectivity index (χ4n) is 1.91. The number of benzene rings is 1. The number of hydrogen-bond donors (Lipinski definition) is 2. The second-order valence-corrected chi connectivity index (χ2v) is 5.98. The van der Waals surface area contributed by atoms with Gasteiger partial charge in [-0.2, -0.15) is 0 Å². The number of anilines is 1. The number of hydrogen-bond acceptors (Lipinski definition) is 4. The van der Waals surface area contributed by atoms with Crippen molar-refractivity contribution in [1.82, 2.24) is 4.98 Å². The molecule has 1 amide bonds. The van der Waals surface area contributed by atoms with E-state index in [1.165, 1.54) is 12.3 Å². The Labute approximate surface area is 134 Å². The fourth-order valence-corrected chi connectivity index (χ4v) is 1.91. The summed E-state index contributed by atoms with van der Waals surface area (Å²) >= 11 is 0. The molecule has 0 radical (unpaired) electrons. The molecule has 2 rings (SSSR count). The molecule has 2 N–H and O–H groups in total. The Morgan fingerprint density at radius 2 is 1.87 bits per heavy atom. The number of carboxylic acid groups (broad SMARTS) is 1. The summed E-state index contributed by atoms with van der Waals surface area (Å²) in [5.74, 6) is -1.04. The highest BCUT2D eigenvalue weighted by molar-refractivity contribution is 5.89. The summed E-state index contributed by atoms with van der Waals surface area (Å²) in [5, 5.41) is 11.7. The average Bonchev–Trinajstić information content (AvgIpc) is 2.45. The molecule has 0 aliphatic rings. The summed E-state index contributed by atoms with van der Waals surface area (Å²) in [7, 11) is 0. The van der Waals surface area contributed by atoms with Crippen LogP contribution in [0.2, 0.25) is 0 Å². The van der Waals surface area contributed by atoms with Gasteiger partial charge >= 0.3 is 12.1 Å². The molecule has 1 aromatic heterocycles. The van der Waals surface area contributed by atoms with Crippen LogP contribution in [0.25, 0.3) is 11.1 Å². The molecule has 6 nitrogen and oxygen atoms in total. The fraction of sp³-hybridized carbons (Fsp3) is 0.235. The van der Waals surface area contributed by atoms with Gasteiger partial charge in [-0.3, -0.25) is 10.3 Å². The topological polar surface area (TPSA) is 88.5 Å². The van der Waals surface area contributed by atoms with E-state index in [2.05, 4.69) is 10.3 Å². The maximum atomic E-state index is 11.8. The second-order valence-electron chi connectivity index (χ2n) is 5.98. The smallest absolute Gasteiger partial charge is 0.412 e. The minimum atomic E-state index is -1.04. The van der Waals surface area contributed by atoms with Gasteiger partial charge in [-0.15, -0.1) is 0 Å².